The van der Waals surface area contributed by atoms with Crippen LogP contribution in [0.5, 0.6) is 11.5 Å². The van der Waals surface area contributed by atoms with Crippen LogP contribution in [0.15, 0.2) is 42.5 Å². The fourth-order valence-electron chi connectivity index (χ4n) is 2.28. The van der Waals surface area contributed by atoms with Gasteiger partial charge in [-0.15, -0.1) is 0 Å². The Morgan fingerprint density at radius 1 is 1.04 bits per heavy atom. The molecule has 0 aliphatic carbocycles. The maximum absolute atomic E-state index is 11.2. The van der Waals surface area contributed by atoms with Crippen LogP contribution < -0.4 is 9.47 Å². The molecule has 130 valence electrons. The average molecular weight is 340 g/mol. The van der Waals surface area contributed by atoms with E-state index in [1.54, 1.807) is 6.07 Å². The van der Waals surface area contributed by atoms with Gasteiger partial charge in [0.2, 0.25) is 0 Å². The smallest absolute Gasteiger partial charge is 0.339 e. The molecule has 0 unspecified atom stereocenters. The molecule has 25 heavy (non-hydrogen) atoms. The van der Waals surface area contributed by atoms with Gasteiger partial charge in [0.05, 0.1) is 33.0 Å². The van der Waals surface area contributed by atoms with E-state index in [1.165, 1.54) is 20.3 Å². The van der Waals surface area contributed by atoms with E-state index in [-0.39, 0.29) is 11.3 Å². The molecular formula is C20H20O5. The summed E-state index contributed by atoms with van der Waals surface area (Å²) in [7, 11) is 2.86. The number of carbonyl (C=O) groups is 1. The molecule has 0 heterocycles. The number of carboxylic acids is 1. The minimum atomic E-state index is -1.08. The molecule has 2 rings (SSSR count). The lowest BCUT2D eigenvalue weighted by atomic mass is 10.1. The molecule has 1 N–H and O–H groups in total. The van der Waals surface area contributed by atoms with Gasteiger partial charge in [-0.3, -0.25) is 0 Å². The summed E-state index contributed by atoms with van der Waals surface area (Å²) in [6, 6.07) is 13.0. The molecule has 0 bridgehead atoms. The quantitative estimate of drug-likeness (QED) is 0.618. The van der Waals surface area contributed by atoms with E-state index in [9.17, 15) is 9.90 Å². The van der Waals surface area contributed by atoms with Crippen LogP contribution in [0.2, 0.25) is 0 Å². The summed E-state index contributed by atoms with van der Waals surface area (Å²) < 4.78 is 16.0. The maximum Gasteiger partial charge on any atom is 0.339 e. The molecule has 0 aromatic heterocycles. The third kappa shape index (κ3) is 5.00. The van der Waals surface area contributed by atoms with Gasteiger partial charge in [-0.05, 0) is 17.7 Å². The first-order valence-electron chi connectivity index (χ1n) is 7.76. The second-order valence-corrected chi connectivity index (χ2v) is 5.12. The topological polar surface area (TPSA) is 65.0 Å². The van der Waals surface area contributed by atoms with Gasteiger partial charge in [0.25, 0.3) is 0 Å². The fraction of sp³-hybridized carbons (Fsp3) is 0.250. The maximum atomic E-state index is 11.2. The van der Waals surface area contributed by atoms with Crippen LogP contribution in [-0.4, -0.2) is 31.9 Å². The number of hydrogen-bond acceptors (Lipinski definition) is 4. The first-order chi connectivity index (χ1) is 12.2. The van der Waals surface area contributed by atoms with Crippen LogP contribution in [-0.2, 0) is 11.3 Å². The highest BCUT2D eigenvalue weighted by atomic mass is 16.5. The highest BCUT2D eigenvalue weighted by Crippen LogP contribution is 2.34. The Kier molecular flexibility index (Phi) is 6.87. The number of benzene rings is 2. The van der Waals surface area contributed by atoms with Gasteiger partial charge in [0, 0.05) is 6.42 Å². The highest BCUT2D eigenvalue weighted by Gasteiger charge is 2.18. The Morgan fingerprint density at radius 3 is 2.40 bits per heavy atom. The molecule has 0 atom stereocenters. The van der Waals surface area contributed by atoms with Gasteiger partial charge in [-0.1, -0.05) is 42.2 Å². The van der Waals surface area contributed by atoms with E-state index >= 15 is 0 Å². The number of methoxy groups -OCH3 is 2. The SMILES string of the molecule is COc1c(C#CCCOCc2ccccc2)ccc(C(=O)O)c1OC. The molecule has 2 aromatic rings. The summed E-state index contributed by atoms with van der Waals surface area (Å²) in [6.45, 7) is 1.06. The monoisotopic (exact) mass is 340 g/mol. The molecule has 5 heteroatoms. The molecule has 0 saturated heterocycles. The van der Waals surface area contributed by atoms with Gasteiger partial charge >= 0.3 is 5.97 Å². The zero-order valence-corrected chi connectivity index (χ0v) is 14.2. The molecule has 0 amide bonds. The predicted octanol–water partition coefficient (Wildman–Crippen LogP) is 3.36. The van der Waals surface area contributed by atoms with Gasteiger partial charge in [0.15, 0.2) is 11.5 Å². The van der Waals surface area contributed by atoms with Gasteiger partial charge < -0.3 is 19.3 Å². The molecule has 0 radical (unpaired) electrons. The van der Waals surface area contributed by atoms with Crippen molar-refractivity contribution in [3.63, 3.8) is 0 Å². The minimum absolute atomic E-state index is 0.0381. The fourth-order valence-corrected chi connectivity index (χ4v) is 2.28. The van der Waals surface area contributed by atoms with Crippen molar-refractivity contribution in [3.8, 4) is 23.3 Å². The lowest BCUT2D eigenvalue weighted by molar-refractivity contribution is 0.0692. The molecule has 0 saturated carbocycles. The molecule has 0 aliphatic heterocycles. The second-order valence-electron chi connectivity index (χ2n) is 5.12. The van der Waals surface area contributed by atoms with Gasteiger partial charge in [-0.2, -0.15) is 0 Å². The number of carboxylic acid groups (broad SMARTS) is 1. The average Bonchev–Trinajstić information content (AvgIpc) is 2.64. The third-order valence-electron chi connectivity index (χ3n) is 3.46. The van der Waals surface area contributed by atoms with E-state index in [0.29, 0.717) is 30.9 Å². The van der Waals surface area contributed by atoms with Gasteiger partial charge in [0.1, 0.15) is 5.56 Å². The Bertz CT molecular complexity index is 772. The normalized spacial score (nSPS) is 9.84. The van der Waals surface area contributed by atoms with Crippen LogP contribution in [0.4, 0.5) is 0 Å². The van der Waals surface area contributed by atoms with Crippen molar-refractivity contribution in [2.24, 2.45) is 0 Å². The first kappa shape index (κ1) is 18.4. The summed E-state index contributed by atoms with van der Waals surface area (Å²) in [5, 5.41) is 9.19. The van der Waals surface area contributed by atoms with Crippen molar-refractivity contribution in [1.82, 2.24) is 0 Å². The standard InChI is InChI=1S/C20H20O5/c1-23-18-16(11-12-17(20(21)22)19(18)24-2)10-6-7-13-25-14-15-8-4-3-5-9-15/h3-5,8-9,11-12H,7,13-14H2,1-2H3,(H,21,22). The van der Waals surface area contributed by atoms with Gasteiger partial charge in [-0.25, -0.2) is 4.79 Å². The van der Waals surface area contributed by atoms with E-state index in [4.69, 9.17) is 14.2 Å². The Morgan fingerprint density at radius 2 is 1.76 bits per heavy atom. The number of aromatic carboxylic acids is 1. The van der Waals surface area contributed by atoms with E-state index in [2.05, 4.69) is 11.8 Å². The largest absolute Gasteiger partial charge is 0.492 e. The van der Waals surface area contributed by atoms with Crippen molar-refractivity contribution in [1.29, 1.82) is 0 Å². The summed E-state index contributed by atoms with van der Waals surface area (Å²) in [6.07, 6.45) is 0.555. The molecule has 0 aliphatic rings. The van der Waals surface area contributed by atoms with Crippen LogP contribution in [0.1, 0.15) is 27.9 Å². The molecule has 5 nitrogen and oxygen atoms in total. The zero-order chi connectivity index (χ0) is 18.1. The zero-order valence-electron chi connectivity index (χ0n) is 14.2. The predicted molar refractivity (Wildman–Crippen MR) is 94.1 cm³/mol. The van der Waals surface area contributed by atoms with Crippen LogP contribution in [0.25, 0.3) is 0 Å². The Balaban J connectivity index is 1.98. The molecule has 2 aromatic carbocycles. The van der Waals surface area contributed by atoms with Crippen molar-refractivity contribution in [3.05, 3.63) is 59.2 Å². The Labute approximate surface area is 147 Å². The summed E-state index contributed by atoms with van der Waals surface area (Å²) >= 11 is 0. The van der Waals surface area contributed by atoms with E-state index in [1.807, 2.05) is 30.3 Å². The summed E-state index contributed by atoms with van der Waals surface area (Å²) in [5.74, 6) is 5.39. The lowest BCUT2D eigenvalue weighted by Crippen LogP contribution is -2.03. The minimum Gasteiger partial charge on any atom is -0.492 e. The number of rotatable bonds is 7. The van der Waals surface area contributed by atoms with E-state index in [0.717, 1.165) is 5.56 Å². The highest BCUT2D eigenvalue weighted by molar-refractivity contribution is 5.92. The van der Waals surface area contributed by atoms with Crippen molar-refractivity contribution in [2.45, 2.75) is 13.0 Å². The second kappa shape index (κ2) is 9.36. The molecule has 0 fully saturated rings. The number of ether oxygens (including phenoxy) is 3. The summed E-state index contributed by atoms with van der Waals surface area (Å²) in [5.41, 5.74) is 1.73. The molecule has 0 spiro atoms. The van der Waals surface area contributed by atoms with E-state index < -0.39 is 5.97 Å². The Hall–Kier alpha value is -2.97. The summed E-state index contributed by atoms with van der Waals surface area (Å²) in [4.78, 5) is 11.2. The van der Waals surface area contributed by atoms with Crippen molar-refractivity contribution < 1.29 is 24.1 Å². The van der Waals surface area contributed by atoms with Crippen molar-refractivity contribution >= 4 is 5.97 Å². The molecular weight excluding hydrogens is 320 g/mol. The van der Waals surface area contributed by atoms with Crippen LogP contribution in [0.3, 0.4) is 0 Å². The first-order valence-corrected chi connectivity index (χ1v) is 7.76. The van der Waals surface area contributed by atoms with Crippen molar-refractivity contribution in [2.75, 3.05) is 20.8 Å². The number of hydrogen-bond donors (Lipinski definition) is 1. The lowest BCUT2D eigenvalue weighted by Gasteiger charge is -2.11. The third-order valence-corrected chi connectivity index (χ3v) is 3.46. The van der Waals surface area contributed by atoms with Crippen LogP contribution >= 0.6 is 0 Å². The van der Waals surface area contributed by atoms with Crippen LogP contribution in [0, 0.1) is 11.8 Å².